The summed E-state index contributed by atoms with van der Waals surface area (Å²) in [6, 6.07) is 4.18. The molecule has 0 aromatic carbocycles. The predicted octanol–water partition coefficient (Wildman–Crippen LogP) is 2.93. The summed E-state index contributed by atoms with van der Waals surface area (Å²) in [7, 11) is 0. The molecule has 1 aromatic heterocycles. The van der Waals surface area contributed by atoms with Gasteiger partial charge in [-0.25, -0.2) is 0 Å². The highest BCUT2D eigenvalue weighted by molar-refractivity contribution is 5.78. The zero-order valence-corrected chi connectivity index (χ0v) is 11.1. The molecular formula is C16H20N2O. The number of allylic oxidation sites excluding steroid dienone is 2. The minimum absolute atomic E-state index is 0.156. The van der Waals surface area contributed by atoms with E-state index >= 15 is 0 Å². The van der Waals surface area contributed by atoms with Crippen LogP contribution in [0.3, 0.4) is 0 Å². The topological polar surface area (TPSA) is 42.0 Å². The fraction of sp³-hybridized carbons (Fsp3) is 0.500. The van der Waals surface area contributed by atoms with Crippen LogP contribution in [0, 0.1) is 5.92 Å². The molecule has 3 rings (SSSR count). The molecule has 19 heavy (non-hydrogen) atoms. The van der Waals surface area contributed by atoms with E-state index in [0.29, 0.717) is 12.5 Å². The van der Waals surface area contributed by atoms with Crippen molar-refractivity contribution >= 4 is 5.91 Å². The summed E-state index contributed by atoms with van der Waals surface area (Å²) >= 11 is 0. The zero-order chi connectivity index (χ0) is 13.1. The lowest BCUT2D eigenvalue weighted by Crippen LogP contribution is -2.30. The molecule has 1 saturated carbocycles. The van der Waals surface area contributed by atoms with E-state index in [4.69, 9.17) is 0 Å². The Morgan fingerprint density at radius 2 is 2.16 bits per heavy atom. The summed E-state index contributed by atoms with van der Waals surface area (Å²) in [4.78, 5) is 16.5. The number of carbonyl (C=O) groups excluding carboxylic acids is 1. The van der Waals surface area contributed by atoms with Crippen LogP contribution in [0.4, 0.5) is 0 Å². The average Bonchev–Trinajstić information content (AvgIpc) is 3.31. The first-order valence-corrected chi connectivity index (χ1v) is 7.20. The zero-order valence-electron chi connectivity index (χ0n) is 11.1. The van der Waals surface area contributed by atoms with E-state index in [1.807, 2.05) is 6.20 Å². The number of amides is 1. The molecule has 0 unspecified atom stereocenters. The summed E-state index contributed by atoms with van der Waals surface area (Å²) in [5.41, 5.74) is 2.29. The summed E-state index contributed by atoms with van der Waals surface area (Å²) in [5.74, 6) is 1.02. The number of hydrogen-bond donors (Lipinski definition) is 1. The minimum atomic E-state index is 0.156. The second kappa shape index (κ2) is 5.55. The smallest absolute Gasteiger partial charge is 0.223 e. The first-order valence-electron chi connectivity index (χ1n) is 7.20. The third-order valence-electron chi connectivity index (χ3n) is 3.95. The molecule has 1 fully saturated rings. The number of nitrogens with zero attached hydrogens (tertiary/aromatic N) is 1. The first kappa shape index (κ1) is 12.4. The van der Waals surface area contributed by atoms with Crippen molar-refractivity contribution in [2.24, 2.45) is 5.92 Å². The Labute approximate surface area is 114 Å². The Hall–Kier alpha value is -1.64. The average molecular weight is 256 g/mol. The van der Waals surface area contributed by atoms with Crippen molar-refractivity contribution in [3.05, 3.63) is 41.7 Å². The summed E-state index contributed by atoms with van der Waals surface area (Å²) in [6.07, 6.45) is 11.6. The SMILES string of the molecule is O=C(NCc1ccc(C2CC2)nc1)[C@@H]1CC=CCC1. The van der Waals surface area contributed by atoms with Gasteiger partial charge in [0.1, 0.15) is 0 Å². The number of aromatic nitrogens is 1. The molecule has 3 nitrogen and oxygen atoms in total. The molecule has 0 saturated heterocycles. The molecule has 2 aliphatic carbocycles. The van der Waals surface area contributed by atoms with E-state index in [9.17, 15) is 4.79 Å². The lowest BCUT2D eigenvalue weighted by molar-refractivity contribution is -0.125. The maximum Gasteiger partial charge on any atom is 0.223 e. The van der Waals surface area contributed by atoms with Gasteiger partial charge in [-0.1, -0.05) is 18.2 Å². The van der Waals surface area contributed by atoms with Gasteiger partial charge >= 0.3 is 0 Å². The van der Waals surface area contributed by atoms with Gasteiger partial charge in [-0.05, 0) is 43.7 Å². The molecule has 1 aromatic rings. The van der Waals surface area contributed by atoms with Crippen molar-refractivity contribution in [1.29, 1.82) is 0 Å². The van der Waals surface area contributed by atoms with Crippen molar-refractivity contribution < 1.29 is 4.79 Å². The Balaban J connectivity index is 1.50. The van der Waals surface area contributed by atoms with Crippen LogP contribution >= 0.6 is 0 Å². The summed E-state index contributed by atoms with van der Waals surface area (Å²) in [5, 5.41) is 3.02. The highest BCUT2D eigenvalue weighted by atomic mass is 16.1. The van der Waals surface area contributed by atoms with E-state index in [2.05, 4.69) is 34.6 Å². The highest BCUT2D eigenvalue weighted by Crippen LogP contribution is 2.38. The van der Waals surface area contributed by atoms with E-state index in [-0.39, 0.29) is 11.8 Å². The number of hydrogen-bond acceptors (Lipinski definition) is 2. The summed E-state index contributed by atoms with van der Waals surface area (Å²) < 4.78 is 0. The predicted molar refractivity (Wildman–Crippen MR) is 74.5 cm³/mol. The Morgan fingerprint density at radius 1 is 1.26 bits per heavy atom. The van der Waals surface area contributed by atoms with Crippen molar-refractivity contribution in [2.75, 3.05) is 0 Å². The second-order valence-electron chi connectivity index (χ2n) is 5.56. The van der Waals surface area contributed by atoms with Crippen LogP contribution in [0.5, 0.6) is 0 Å². The van der Waals surface area contributed by atoms with Gasteiger partial charge < -0.3 is 5.32 Å². The number of pyridine rings is 1. The largest absolute Gasteiger partial charge is 0.352 e. The molecule has 1 heterocycles. The second-order valence-corrected chi connectivity index (χ2v) is 5.56. The molecule has 1 N–H and O–H groups in total. The third kappa shape index (κ3) is 3.22. The molecule has 1 atom stereocenters. The normalized spacial score (nSPS) is 22.2. The lowest BCUT2D eigenvalue weighted by atomic mass is 9.93. The third-order valence-corrected chi connectivity index (χ3v) is 3.95. The van der Waals surface area contributed by atoms with Crippen LogP contribution < -0.4 is 5.32 Å². The fourth-order valence-electron chi connectivity index (χ4n) is 2.53. The molecule has 100 valence electrons. The molecule has 2 aliphatic rings. The van der Waals surface area contributed by atoms with Gasteiger partial charge in [-0.15, -0.1) is 0 Å². The Bertz CT molecular complexity index is 474. The molecule has 0 radical (unpaired) electrons. The first-order chi connectivity index (χ1) is 9.33. The van der Waals surface area contributed by atoms with E-state index in [1.165, 1.54) is 18.5 Å². The fourth-order valence-corrected chi connectivity index (χ4v) is 2.53. The maximum absolute atomic E-state index is 12.0. The number of carbonyl (C=O) groups is 1. The number of nitrogens with one attached hydrogen (secondary N) is 1. The van der Waals surface area contributed by atoms with Crippen LogP contribution in [0.1, 0.15) is 49.3 Å². The van der Waals surface area contributed by atoms with Crippen LogP contribution in [-0.2, 0) is 11.3 Å². The van der Waals surface area contributed by atoms with Crippen molar-refractivity contribution in [1.82, 2.24) is 10.3 Å². The van der Waals surface area contributed by atoms with Gasteiger partial charge in [-0.3, -0.25) is 9.78 Å². The number of rotatable bonds is 4. The van der Waals surface area contributed by atoms with Gasteiger partial charge in [0.2, 0.25) is 5.91 Å². The van der Waals surface area contributed by atoms with Gasteiger partial charge in [-0.2, -0.15) is 0 Å². The van der Waals surface area contributed by atoms with Crippen LogP contribution in [0.2, 0.25) is 0 Å². The van der Waals surface area contributed by atoms with Gasteiger partial charge in [0.15, 0.2) is 0 Å². The Morgan fingerprint density at radius 3 is 2.79 bits per heavy atom. The molecule has 3 heteroatoms. The van der Waals surface area contributed by atoms with Crippen LogP contribution in [-0.4, -0.2) is 10.9 Å². The van der Waals surface area contributed by atoms with Gasteiger partial charge in [0.05, 0.1) is 0 Å². The Kier molecular flexibility index (Phi) is 3.62. The summed E-state index contributed by atoms with van der Waals surface area (Å²) in [6.45, 7) is 0.594. The van der Waals surface area contributed by atoms with E-state index in [0.717, 1.165) is 24.8 Å². The maximum atomic E-state index is 12.0. The van der Waals surface area contributed by atoms with Gasteiger partial charge in [0, 0.05) is 30.3 Å². The van der Waals surface area contributed by atoms with Gasteiger partial charge in [0.25, 0.3) is 0 Å². The van der Waals surface area contributed by atoms with Crippen molar-refractivity contribution in [2.45, 2.75) is 44.6 Å². The quantitative estimate of drug-likeness (QED) is 0.842. The minimum Gasteiger partial charge on any atom is -0.352 e. The highest BCUT2D eigenvalue weighted by Gasteiger charge is 2.24. The molecule has 1 amide bonds. The van der Waals surface area contributed by atoms with Crippen molar-refractivity contribution in [3.8, 4) is 0 Å². The molecule has 0 bridgehead atoms. The monoisotopic (exact) mass is 256 g/mol. The van der Waals surface area contributed by atoms with E-state index < -0.39 is 0 Å². The van der Waals surface area contributed by atoms with E-state index in [1.54, 1.807) is 0 Å². The van der Waals surface area contributed by atoms with Crippen molar-refractivity contribution in [3.63, 3.8) is 0 Å². The lowest BCUT2D eigenvalue weighted by Gasteiger charge is -2.17. The molecular weight excluding hydrogens is 236 g/mol. The molecule has 0 spiro atoms. The van der Waals surface area contributed by atoms with Crippen LogP contribution in [0.25, 0.3) is 0 Å². The van der Waals surface area contributed by atoms with Crippen LogP contribution in [0.15, 0.2) is 30.5 Å². The molecule has 0 aliphatic heterocycles. The standard InChI is InChI=1S/C16H20N2O/c19-16(14-4-2-1-3-5-14)18-11-12-6-9-15(17-10-12)13-7-8-13/h1-2,6,9-10,13-14H,3-5,7-8,11H2,(H,18,19)/t14-/m1/s1.